The van der Waals surface area contributed by atoms with Gasteiger partial charge in [-0.2, -0.15) is 0 Å². The van der Waals surface area contributed by atoms with Gasteiger partial charge in [-0.05, 0) is 12.6 Å². The molecule has 0 unspecified atom stereocenters. The van der Waals surface area contributed by atoms with Gasteiger partial charge in [-0.25, -0.2) is 0 Å². The van der Waals surface area contributed by atoms with Crippen LogP contribution in [0.15, 0.2) is 25.4 Å². The van der Waals surface area contributed by atoms with Gasteiger partial charge in [0.15, 0.2) is 0 Å². The van der Waals surface area contributed by atoms with E-state index in [0.717, 1.165) is 6.42 Å². The minimum absolute atomic E-state index is 1.08. The Bertz CT molecular complexity index is 39.4. The van der Waals surface area contributed by atoms with E-state index in [0.29, 0.717) is 0 Å². The third kappa shape index (κ3) is 725. The van der Waals surface area contributed by atoms with Gasteiger partial charge in [0.05, 0.1) is 0 Å². The highest BCUT2D eigenvalue weighted by Gasteiger charge is 1.45. The molecule has 0 aromatic carbocycles. The third-order valence-electron chi connectivity index (χ3n) is 0.289. The molecule has 0 aromatic rings. The fraction of sp³-hybridized carbons (Fsp3) is 0.333. The highest BCUT2D eigenvalue weighted by Crippen LogP contribution is 1.66. The number of hydrogen-bond donors (Lipinski definition) is 1. The molecule has 1 heteroatoms. The maximum Gasteiger partial charge on any atom is -0.0136 e. The largest absolute Gasteiger partial charge is 0.405 e. The van der Waals surface area contributed by atoms with Crippen molar-refractivity contribution < 1.29 is 0 Å². The second-order valence-corrected chi connectivity index (χ2v) is 0.933. The van der Waals surface area contributed by atoms with E-state index in [1.165, 1.54) is 6.20 Å². The van der Waals surface area contributed by atoms with Gasteiger partial charge in [0, 0.05) is 0 Å². The second kappa shape index (κ2) is 18.6. The molecule has 2 N–H and O–H groups in total. The first kappa shape index (κ1) is 9.56. The lowest BCUT2D eigenvalue weighted by molar-refractivity contribution is 1.23. The molecule has 0 aliphatic heterocycles. The molecule has 7 heavy (non-hydrogen) atoms. The van der Waals surface area contributed by atoms with Crippen LogP contribution in [-0.4, -0.2) is 0 Å². The summed E-state index contributed by atoms with van der Waals surface area (Å²) in [4.78, 5) is 0. The van der Waals surface area contributed by atoms with Gasteiger partial charge >= 0.3 is 0 Å². The van der Waals surface area contributed by atoms with Crippen LogP contribution in [0.2, 0.25) is 0 Å². The summed E-state index contributed by atoms with van der Waals surface area (Å²) in [7, 11) is 0. The fourth-order valence-corrected chi connectivity index (χ4v) is 0. The van der Waals surface area contributed by atoms with Crippen molar-refractivity contribution in [2.24, 2.45) is 5.73 Å². The summed E-state index contributed by atoms with van der Waals surface area (Å²) in [6, 6.07) is 0. The van der Waals surface area contributed by atoms with Gasteiger partial charge in [-0.1, -0.05) is 19.6 Å². The molecule has 0 heterocycles. The van der Waals surface area contributed by atoms with Crippen molar-refractivity contribution in [3.05, 3.63) is 25.4 Å². The molecule has 0 aromatic heterocycles. The van der Waals surface area contributed by atoms with Gasteiger partial charge < -0.3 is 5.73 Å². The molecule has 0 saturated heterocycles. The van der Waals surface area contributed by atoms with Gasteiger partial charge in [0.1, 0.15) is 0 Å². The quantitative estimate of drug-likeness (QED) is 0.497. The Morgan fingerprint density at radius 3 is 1.71 bits per heavy atom. The smallest absolute Gasteiger partial charge is 0.0136 e. The van der Waals surface area contributed by atoms with Gasteiger partial charge in [-0.15, -0.1) is 6.58 Å². The van der Waals surface area contributed by atoms with Crippen LogP contribution in [0, 0.1) is 0 Å². The van der Waals surface area contributed by atoms with Crippen molar-refractivity contribution in [3.8, 4) is 0 Å². The molecule has 0 fully saturated rings. The van der Waals surface area contributed by atoms with Crippen LogP contribution in [0.25, 0.3) is 0 Å². The molecule has 0 rings (SSSR count). The molecular weight excluding hydrogens is 86.1 g/mol. The Labute approximate surface area is 45.5 Å². The first-order valence-electron chi connectivity index (χ1n) is 2.27. The lowest BCUT2D eigenvalue weighted by atomic mass is 10.5. The summed E-state index contributed by atoms with van der Waals surface area (Å²) >= 11 is 0. The molecule has 0 atom stereocenters. The lowest BCUT2D eigenvalue weighted by Crippen LogP contribution is -1.67. The maximum atomic E-state index is 4.61. The highest BCUT2D eigenvalue weighted by atomic mass is 14.5. The van der Waals surface area contributed by atoms with Crippen LogP contribution in [0.1, 0.15) is 13.3 Å². The molecule has 0 radical (unpaired) electrons. The molecule has 0 aliphatic carbocycles. The van der Waals surface area contributed by atoms with Crippen molar-refractivity contribution in [2.45, 2.75) is 13.3 Å². The molecule has 0 saturated carbocycles. The van der Waals surface area contributed by atoms with E-state index in [-0.39, 0.29) is 0 Å². The Hall–Kier alpha value is -0.720. The summed E-state index contributed by atoms with van der Waals surface area (Å²) in [5.74, 6) is 0. The van der Waals surface area contributed by atoms with Crippen LogP contribution in [-0.2, 0) is 0 Å². The molecule has 42 valence electrons. The van der Waals surface area contributed by atoms with Gasteiger partial charge in [0.2, 0.25) is 0 Å². The zero-order valence-corrected chi connectivity index (χ0v) is 4.85. The average molecular weight is 99.2 g/mol. The minimum atomic E-state index is 1.08. The summed E-state index contributed by atoms with van der Waals surface area (Å²) in [6.45, 7) is 8.68. The first-order valence-corrected chi connectivity index (χ1v) is 2.27. The summed E-state index contributed by atoms with van der Waals surface area (Å²) < 4.78 is 0. The molecular formula is C6H13N. The van der Waals surface area contributed by atoms with E-state index < -0.39 is 0 Å². The molecule has 0 aliphatic rings. The van der Waals surface area contributed by atoms with Crippen LogP contribution < -0.4 is 5.73 Å². The van der Waals surface area contributed by atoms with Crippen molar-refractivity contribution in [3.63, 3.8) is 0 Å². The van der Waals surface area contributed by atoms with Crippen LogP contribution in [0.3, 0.4) is 0 Å². The van der Waals surface area contributed by atoms with E-state index in [9.17, 15) is 0 Å². The van der Waals surface area contributed by atoms with Crippen LogP contribution in [0.5, 0.6) is 0 Å². The summed E-state index contributed by atoms with van der Waals surface area (Å²) in [6.07, 6.45) is 4.21. The fourth-order valence-electron chi connectivity index (χ4n) is 0. The third-order valence-corrected chi connectivity index (χ3v) is 0.289. The van der Waals surface area contributed by atoms with Gasteiger partial charge in [0.25, 0.3) is 0 Å². The van der Waals surface area contributed by atoms with Gasteiger partial charge in [-0.3, -0.25) is 0 Å². The Balaban J connectivity index is 0. The van der Waals surface area contributed by atoms with E-state index >= 15 is 0 Å². The Morgan fingerprint density at radius 1 is 1.57 bits per heavy atom. The van der Waals surface area contributed by atoms with Crippen molar-refractivity contribution in [2.75, 3.05) is 0 Å². The standard InChI is InChI=1S/C4H8.C2H5N/c1-3-4-2;1-2-3/h3H,1,4H2,2H3;2H,1,3H2. The number of rotatable bonds is 1. The highest BCUT2D eigenvalue weighted by molar-refractivity contribution is 4.60. The minimum Gasteiger partial charge on any atom is -0.405 e. The normalized spacial score (nSPS) is 5.29. The monoisotopic (exact) mass is 99.1 g/mol. The van der Waals surface area contributed by atoms with Crippen molar-refractivity contribution in [1.29, 1.82) is 0 Å². The van der Waals surface area contributed by atoms with E-state index in [4.69, 9.17) is 0 Å². The first-order chi connectivity index (χ1) is 3.33. The van der Waals surface area contributed by atoms with Crippen LogP contribution >= 0.6 is 0 Å². The summed E-state index contributed by atoms with van der Waals surface area (Å²) in [5, 5.41) is 0. The number of hydrogen-bond acceptors (Lipinski definition) is 1. The second-order valence-electron chi connectivity index (χ2n) is 0.933. The predicted octanol–water partition coefficient (Wildman–Crippen LogP) is 1.67. The zero-order chi connectivity index (χ0) is 6.12. The Morgan fingerprint density at radius 2 is 1.71 bits per heavy atom. The SMILES string of the molecule is C=CCC.C=CN. The lowest BCUT2D eigenvalue weighted by Gasteiger charge is -1.57. The van der Waals surface area contributed by atoms with E-state index in [2.05, 4.69) is 25.8 Å². The average Bonchev–Trinajstić information content (AvgIpc) is 1.69. The molecule has 0 amide bonds. The topological polar surface area (TPSA) is 26.0 Å². The number of allylic oxidation sites excluding steroid dienone is 1. The Kier molecular flexibility index (Phi) is 25.4. The molecule has 1 nitrogen and oxygen atoms in total. The summed E-state index contributed by atoms with van der Waals surface area (Å²) in [5.41, 5.74) is 4.61. The predicted molar refractivity (Wildman–Crippen MR) is 34.9 cm³/mol. The van der Waals surface area contributed by atoms with Crippen molar-refractivity contribution in [1.82, 2.24) is 0 Å². The zero-order valence-electron chi connectivity index (χ0n) is 4.85. The van der Waals surface area contributed by atoms with Crippen molar-refractivity contribution >= 4 is 0 Å². The van der Waals surface area contributed by atoms with E-state index in [1.807, 2.05) is 6.08 Å². The number of nitrogens with two attached hydrogens (primary N) is 1. The maximum absolute atomic E-state index is 4.61. The molecule has 0 spiro atoms. The van der Waals surface area contributed by atoms with Crippen LogP contribution in [0.4, 0.5) is 0 Å². The molecule has 0 bridgehead atoms. The van der Waals surface area contributed by atoms with E-state index in [1.54, 1.807) is 0 Å².